The lowest BCUT2D eigenvalue weighted by Crippen LogP contribution is -2.39. The first-order valence-corrected chi connectivity index (χ1v) is 7.83. The quantitative estimate of drug-likeness (QED) is 0.906. The van der Waals surface area contributed by atoms with Gasteiger partial charge in [0.1, 0.15) is 5.69 Å². The van der Waals surface area contributed by atoms with Crippen LogP contribution in [0.2, 0.25) is 0 Å². The van der Waals surface area contributed by atoms with E-state index in [0.717, 1.165) is 38.0 Å². The Morgan fingerprint density at radius 3 is 2.52 bits per heavy atom. The van der Waals surface area contributed by atoms with Crippen molar-refractivity contribution in [3.63, 3.8) is 0 Å². The number of hydrogen-bond donors (Lipinski definition) is 1. The molecule has 3 rings (SSSR count). The summed E-state index contributed by atoms with van der Waals surface area (Å²) >= 11 is 0. The molecule has 2 aliphatic rings. The van der Waals surface area contributed by atoms with Crippen LogP contribution >= 0.6 is 0 Å². The number of likely N-dealkylation sites (tertiary alicyclic amines) is 1. The molecule has 1 aliphatic carbocycles. The maximum atomic E-state index is 12.6. The van der Waals surface area contributed by atoms with E-state index in [1.165, 1.54) is 12.8 Å². The van der Waals surface area contributed by atoms with Crippen LogP contribution in [-0.4, -0.2) is 39.5 Å². The number of carbonyl (C=O) groups excluding carboxylic acids is 1. The number of carbonyl (C=O) groups is 2. The highest BCUT2D eigenvalue weighted by molar-refractivity contribution is 5.93. The molecule has 114 valence electrons. The molecule has 1 amide bonds. The summed E-state index contributed by atoms with van der Waals surface area (Å²) < 4.78 is 2.11. The van der Waals surface area contributed by atoms with E-state index in [9.17, 15) is 9.59 Å². The monoisotopic (exact) mass is 290 g/mol. The molecule has 1 saturated carbocycles. The normalized spacial score (nSPS) is 19.7. The first kappa shape index (κ1) is 14.2. The molecule has 0 unspecified atom stereocenters. The summed E-state index contributed by atoms with van der Waals surface area (Å²) in [7, 11) is 0. The van der Waals surface area contributed by atoms with Crippen molar-refractivity contribution in [1.82, 2.24) is 9.47 Å². The largest absolute Gasteiger partial charge is 0.481 e. The van der Waals surface area contributed by atoms with Crippen molar-refractivity contribution in [2.45, 2.75) is 44.6 Å². The minimum atomic E-state index is -0.726. The molecule has 0 atom stereocenters. The van der Waals surface area contributed by atoms with E-state index >= 15 is 0 Å². The minimum Gasteiger partial charge on any atom is -0.481 e. The molecular formula is C16H22N2O3. The number of aliphatic carboxylic acids is 1. The third-order valence-electron chi connectivity index (χ3n) is 4.61. The zero-order chi connectivity index (χ0) is 14.8. The zero-order valence-corrected chi connectivity index (χ0v) is 12.2. The Balaban J connectivity index is 1.55. The first-order valence-electron chi connectivity index (χ1n) is 7.83. The van der Waals surface area contributed by atoms with Gasteiger partial charge in [0.15, 0.2) is 0 Å². The van der Waals surface area contributed by atoms with Crippen LogP contribution in [0.5, 0.6) is 0 Å². The molecule has 0 bridgehead atoms. The molecule has 1 N–H and O–H groups in total. The van der Waals surface area contributed by atoms with E-state index < -0.39 is 5.97 Å². The van der Waals surface area contributed by atoms with Gasteiger partial charge in [0.25, 0.3) is 5.91 Å². The van der Waals surface area contributed by atoms with Crippen LogP contribution in [0, 0.1) is 5.92 Å². The number of rotatable bonds is 5. The summed E-state index contributed by atoms with van der Waals surface area (Å²) in [6.07, 6.45) is 7.16. The molecule has 0 spiro atoms. The van der Waals surface area contributed by atoms with Crippen molar-refractivity contribution < 1.29 is 14.7 Å². The number of carboxylic acid groups (broad SMARTS) is 1. The lowest BCUT2D eigenvalue weighted by atomic mass is 9.92. The number of piperidine rings is 1. The molecule has 2 fully saturated rings. The second kappa shape index (κ2) is 5.92. The minimum absolute atomic E-state index is 0.128. The third kappa shape index (κ3) is 3.28. The first-order chi connectivity index (χ1) is 10.1. The van der Waals surface area contributed by atoms with Crippen LogP contribution in [0.1, 0.15) is 55.1 Å². The molecule has 1 aromatic rings. The van der Waals surface area contributed by atoms with E-state index in [2.05, 4.69) is 4.57 Å². The third-order valence-corrected chi connectivity index (χ3v) is 4.61. The molecule has 5 heteroatoms. The van der Waals surface area contributed by atoms with Gasteiger partial charge in [0, 0.05) is 31.7 Å². The predicted molar refractivity (Wildman–Crippen MR) is 78.2 cm³/mol. The van der Waals surface area contributed by atoms with Gasteiger partial charge in [0.2, 0.25) is 0 Å². The van der Waals surface area contributed by atoms with Crippen LogP contribution < -0.4 is 0 Å². The fourth-order valence-electron chi connectivity index (χ4n) is 3.16. The van der Waals surface area contributed by atoms with Gasteiger partial charge in [-0.3, -0.25) is 9.59 Å². The van der Waals surface area contributed by atoms with Crippen LogP contribution in [-0.2, 0) is 4.79 Å². The number of carboxylic acids is 1. The topological polar surface area (TPSA) is 62.5 Å². The van der Waals surface area contributed by atoms with Gasteiger partial charge in [-0.15, -0.1) is 0 Å². The zero-order valence-electron chi connectivity index (χ0n) is 12.2. The fourth-order valence-corrected chi connectivity index (χ4v) is 3.16. The molecule has 0 radical (unpaired) electrons. The van der Waals surface area contributed by atoms with E-state index in [-0.39, 0.29) is 12.3 Å². The predicted octanol–water partition coefficient (Wildman–Crippen LogP) is 2.54. The number of hydrogen-bond acceptors (Lipinski definition) is 2. The average molecular weight is 290 g/mol. The molecule has 1 saturated heterocycles. The number of amides is 1. The van der Waals surface area contributed by atoms with E-state index in [0.29, 0.717) is 12.0 Å². The van der Waals surface area contributed by atoms with Gasteiger partial charge in [0.05, 0.1) is 0 Å². The molecule has 1 aliphatic heterocycles. The second-order valence-electron chi connectivity index (χ2n) is 6.20. The summed E-state index contributed by atoms with van der Waals surface area (Å²) in [6.45, 7) is 1.50. The maximum Gasteiger partial charge on any atom is 0.303 e. The summed E-state index contributed by atoms with van der Waals surface area (Å²) in [5.41, 5.74) is 0.807. The molecule has 21 heavy (non-hydrogen) atoms. The highest BCUT2D eigenvalue weighted by atomic mass is 16.4. The molecular weight excluding hydrogens is 268 g/mol. The lowest BCUT2D eigenvalue weighted by molar-refractivity contribution is -0.137. The number of aromatic nitrogens is 1. The Labute approximate surface area is 124 Å². The second-order valence-corrected chi connectivity index (χ2v) is 6.20. The molecule has 5 nitrogen and oxygen atoms in total. The van der Waals surface area contributed by atoms with Gasteiger partial charge >= 0.3 is 5.97 Å². The van der Waals surface area contributed by atoms with Crippen LogP contribution in [0.4, 0.5) is 0 Å². The summed E-state index contributed by atoms with van der Waals surface area (Å²) in [5, 5.41) is 8.73. The van der Waals surface area contributed by atoms with Gasteiger partial charge in [-0.2, -0.15) is 0 Å². The average Bonchev–Trinajstić information content (AvgIpc) is 3.22. The lowest BCUT2D eigenvalue weighted by Gasteiger charge is -2.32. The molecule has 2 heterocycles. The van der Waals surface area contributed by atoms with Crippen LogP contribution in [0.3, 0.4) is 0 Å². The Kier molecular flexibility index (Phi) is 3.99. The Bertz CT molecular complexity index is 525. The summed E-state index contributed by atoms with van der Waals surface area (Å²) in [6, 6.07) is 4.38. The van der Waals surface area contributed by atoms with Crippen molar-refractivity contribution in [3.8, 4) is 0 Å². The van der Waals surface area contributed by atoms with Crippen LogP contribution in [0.25, 0.3) is 0 Å². The fraction of sp³-hybridized carbons (Fsp3) is 0.625. The summed E-state index contributed by atoms with van der Waals surface area (Å²) in [5.74, 6) is -0.153. The molecule has 1 aromatic heterocycles. The summed E-state index contributed by atoms with van der Waals surface area (Å²) in [4.78, 5) is 25.1. The highest BCUT2D eigenvalue weighted by Crippen LogP contribution is 2.36. The van der Waals surface area contributed by atoms with Gasteiger partial charge < -0.3 is 14.6 Å². The highest BCUT2D eigenvalue weighted by Gasteiger charge is 2.30. The van der Waals surface area contributed by atoms with Crippen molar-refractivity contribution in [2.75, 3.05) is 13.1 Å². The maximum absolute atomic E-state index is 12.6. The van der Waals surface area contributed by atoms with Crippen molar-refractivity contribution in [2.24, 2.45) is 5.92 Å². The Hall–Kier alpha value is -1.78. The van der Waals surface area contributed by atoms with E-state index in [1.807, 2.05) is 23.2 Å². The van der Waals surface area contributed by atoms with Crippen molar-refractivity contribution >= 4 is 11.9 Å². The van der Waals surface area contributed by atoms with Gasteiger partial charge in [-0.25, -0.2) is 0 Å². The number of nitrogens with zero attached hydrogens (tertiary/aromatic N) is 2. The molecule has 0 aromatic carbocycles. The van der Waals surface area contributed by atoms with Crippen molar-refractivity contribution in [3.05, 3.63) is 24.0 Å². The SMILES string of the molecule is O=C(O)CCC1CCN(C(=O)c2cccn2C2CC2)CC1. The smallest absolute Gasteiger partial charge is 0.303 e. The van der Waals surface area contributed by atoms with Crippen molar-refractivity contribution in [1.29, 1.82) is 0 Å². The van der Waals surface area contributed by atoms with Gasteiger partial charge in [-0.05, 0) is 50.2 Å². The van der Waals surface area contributed by atoms with Gasteiger partial charge in [-0.1, -0.05) is 0 Å². The van der Waals surface area contributed by atoms with Crippen LogP contribution in [0.15, 0.2) is 18.3 Å². The standard InChI is InChI=1S/C16H22N2O3/c19-15(20)6-3-12-7-10-17(11-8-12)16(21)14-2-1-9-18(14)13-4-5-13/h1-2,9,12-13H,3-8,10-11H2,(H,19,20). The Morgan fingerprint density at radius 2 is 1.90 bits per heavy atom. The van der Waals surface area contributed by atoms with E-state index in [1.54, 1.807) is 0 Å². The van der Waals surface area contributed by atoms with E-state index in [4.69, 9.17) is 5.11 Å². The Morgan fingerprint density at radius 1 is 1.19 bits per heavy atom.